The lowest BCUT2D eigenvalue weighted by atomic mass is 10.0. The van der Waals surface area contributed by atoms with Crippen LogP contribution in [0.5, 0.6) is 0 Å². The van der Waals surface area contributed by atoms with E-state index in [2.05, 4.69) is 10.3 Å². The zero-order chi connectivity index (χ0) is 29.0. The first-order valence-corrected chi connectivity index (χ1v) is 16.2. The quantitative estimate of drug-likeness (QED) is 0.101. The van der Waals surface area contributed by atoms with Crippen LogP contribution in [0.1, 0.15) is 5.69 Å². The molecule has 40 heavy (non-hydrogen) atoms. The molecule has 2 aromatic rings. The second-order valence-corrected chi connectivity index (χ2v) is 13.5. The lowest BCUT2D eigenvalue weighted by molar-refractivity contribution is -0.697. The number of alkyl halides is 1. The monoisotopic (exact) mass is 630 g/mol. The number of nitrogens with two attached hydrogens (primary N) is 1. The summed E-state index contributed by atoms with van der Waals surface area (Å²) < 4.78 is 24.1. The van der Waals surface area contributed by atoms with Crippen molar-refractivity contribution in [1.29, 1.82) is 0 Å². The van der Waals surface area contributed by atoms with Gasteiger partial charge in [-0.3, -0.25) is 14.5 Å². The standard InChI is InChI=1S/C23H25FN5O7PS3/c1-35-37(34,36-2)9-15(16-12-40-23(25)26-16)19(30)27-17-20(31)29-18(22(32)33)13(11-39-21(17)29)10-38-14-3-6-28(7-4-14)8-5-24/h3-4,6-7,9,12,17,21H,5,8,10-11H2,1-2H3,(H3-,25,26,27,30,32,33)/p+1/b15-9+/t17-,21-/m1/s1. The van der Waals surface area contributed by atoms with Crippen LogP contribution in [0.25, 0.3) is 5.57 Å². The predicted octanol–water partition coefficient (Wildman–Crippen LogP) is 1.27. The number of pyridine rings is 1. The number of amides is 2. The van der Waals surface area contributed by atoms with E-state index < -0.39 is 43.8 Å². The molecule has 0 spiro atoms. The number of aryl methyl sites for hydroxylation is 1. The molecule has 12 nitrogen and oxygen atoms in total. The number of carbonyl (C=O) groups is 3. The number of thioether (sulfide) groups is 2. The van der Waals surface area contributed by atoms with E-state index in [0.29, 0.717) is 17.1 Å². The number of hydrogen-bond donors (Lipinski definition) is 3. The average Bonchev–Trinajstić information content (AvgIpc) is 3.39. The second-order valence-electron chi connectivity index (χ2n) is 8.39. The third-order valence-corrected chi connectivity index (χ3v) is 10.7. The minimum atomic E-state index is -3.80. The highest BCUT2D eigenvalue weighted by Gasteiger charge is 2.54. The molecule has 1 fully saturated rings. The summed E-state index contributed by atoms with van der Waals surface area (Å²) in [6, 6.07) is 2.60. The van der Waals surface area contributed by atoms with Crippen molar-refractivity contribution in [3.05, 3.63) is 52.7 Å². The highest BCUT2D eigenvalue weighted by Crippen LogP contribution is 2.54. The number of hydrogen-bond acceptors (Lipinski definition) is 11. The number of aliphatic carboxylic acids is 1. The Morgan fingerprint density at radius 2 is 2.10 bits per heavy atom. The molecule has 1 saturated heterocycles. The molecule has 2 aromatic heterocycles. The first-order chi connectivity index (χ1) is 19.1. The van der Waals surface area contributed by atoms with Gasteiger partial charge in [0.25, 0.3) is 19.8 Å². The summed E-state index contributed by atoms with van der Waals surface area (Å²) in [5, 5.41) is 13.6. The number of nitrogens with zero attached hydrogens (tertiary/aromatic N) is 3. The van der Waals surface area contributed by atoms with Gasteiger partial charge >= 0.3 is 5.97 Å². The maximum atomic E-state index is 13.3. The van der Waals surface area contributed by atoms with Crippen molar-refractivity contribution in [1.82, 2.24) is 15.2 Å². The number of fused-ring (bicyclic) bond motifs is 1. The summed E-state index contributed by atoms with van der Waals surface area (Å²) in [5.74, 6) is -0.931. The van der Waals surface area contributed by atoms with Gasteiger partial charge in [-0.15, -0.1) is 34.9 Å². The number of carboxylic acids is 1. The fourth-order valence-corrected chi connectivity index (χ4v) is 7.82. The minimum absolute atomic E-state index is 0.110. The lowest BCUT2D eigenvalue weighted by Gasteiger charge is -2.49. The van der Waals surface area contributed by atoms with Gasteiger partial charge in [0.05, 0.1) is 19.9 Å². The van der Waals surface area contributed by atoms with E-state index >= 15 is 0 Å². The van der Waals surface area contributed by atoms with Crippen molar-refractivity contribution in [3.63, 3.8) is 0 Å². The molecule has 2 amide bonds. The Kier molecular flexibility index (Phi) is 9.82. The number of anilines is 1. The number of nitrogens with one attached hydrogen (secondary N) is 1. The topological polar surface area (TPSA) is 171 Å². The van der Waals surface area contributed by atoms with Gasteiger partial charge in [0.1, 0.15) is 35.2 Å². The summed E-state index contributed by atoms with van der Waals surface area (Å²) in [6.45, 7) is -0.229. The first kappa shape index (κ1) is 30.4. The smallest absolute Gasteiger partial charge is 0.352 e. The van der Waals surface area contributed by atoms with Crippen LogP contribution in [0.2, 0.25) is 0 Å². The van der Waals surface area contributed by atoms with E-state index in [0.717, 1.165) is 36.3 Å². The fourth-order valence-electron chi connectivity index (χ4n) is 3.96. The van der Waals surface area contributed by atoms with E-state index in [9.17, 15) is 28.8 Å². The number of β-lactam (4-membered cyclic amide) rings is 1. The second kappa shape index (κ2) is 12.9. The Hall–Kier alpha value is -2.59. The van der Waals surface area contributed by atoms with Crippen molar-refractivity contribution in [3.8, 4) is 0 Å². The molecule has 2 aliphatic rings. The van der Waals surface area contributed by atoms with Crippen molar-refractivity contribution in [2.24, 2.45) is 0 Å². The zero-order valence-electron chi connectivity index (χ0n) is 21.3. The van der Waals surface area contributed by atoms with Gasteiger partial charge < -0.3 is 21.1 Å². The average molecular weight is 631 g/mol. The fraction of sp³-hybridized carbons (Fsp3) is 0.348. The molecule has 0 saturated carbocycles. The SMILES string of the molecule is CO[P+]([O-])(/C=C(/C(=O)N[C@@H]1C(=O)N2C(C(=O)O)=C(CSc3cc[n+](CCF)cc3)CS[C@H]12)c1csc(N)n1)OC. The Morgan fingerprint density at radius 1 is 1.40 bits per heavy atom. The van der Waals surface area contributed by atoms with Gasteiger partial charge in [-0.2, -0.15) is 0 Å². The van der Waals surface area contributed by atoms with Gasteiger partial charge in [0.15, 0.2) is 24.1 Å². The normalized spacial score (nSPS) is 19.4. The number of carboxylic acid groups (broad SMARTS) is 1. The molecule has 0 aromatic carbocycles. The predicted molar refractivity (Wildman–Crippen MR) is 148 cm³/mol. The molecule has 17 heteroatoms. The molecule has 4 rings (SSSR count). The first-order valence-electron chi connectivity index (χ1n) is 11.6. The summed E-state index contributed by atoms with van der Waals surface area (Å²) in [6.07, 6.45) is 3.49. The van der Waals surface area contributed by atoms with Crippen molar-refractivity contribution in [2.45, 2.75) is 22.9 Å². The van der Waals surface area contributed by atoms with Crippen LogP contribution >= 0.6 is 42.8 Å². The number of aromatic nitrogens is 2. The molecule has 0 unspecified atom stereocenters. The van der Waals surface area contributed by atoms with Gasteiger partial charge in [-0.25, -0.2) is 27.8 Å². The van der Waals surface area contributed by atoms with Gasteiger partial charge in [0.2, 0.25) is 0 Å². The van der Waals surface area contributed by atoms with Crippen molar-refractivity contribution in [2.75, 3.05) is 38.1 Å². The number of nitrogen functional groups attached to an aromatic ring is 1. The lowest BCUT2D eigenvalue weighted by Crippen LogP contribution is -2.70. The van der Waals surface area contributed by atoms with Crippen LogP contribution in [0.3, 0.4) is 0 Å². The van der Waals surface area contributed by atoms with Crippen LogP contribution in [-0.2, 0) is 30.0 Å². The van der Waals surface area contributed by atoms with Crippen molar-refractivity contribution >= 4 is 71.3 Å². The number of rotatable bonds is 12. The van der Waals surface area contributed by atoms with Crippen LogP contribution in [-0.4, -0.2) is 76.6 Å². The third-order valence-electron chi connectivity index (χ3n) is 5.99. The molecular weight excluding hydrogens is 604 g/mol. The number of carbonyl (C=O) groups excluding carboxylic acids is 2. The zero-order valence-corrected chi connectivity index (χ0v) is 24.7. The van der Waals surface area contributed by atoms with E-state index in [1.54, 1.807) is 17.0 Å². The van der Waals surface area contributed by atoms with Gasteiger partial charge in [-0.1, -0.05) is 0 Å². The van der Waals surface area contributed by atoms with Crippen LogP contribution in [0, 0.1) is 0 Å². The Labute approximate surface area is 242 Å². The largest absolute Gasteiger partial charge is 0.628 e. The molecule has 0 bridgehead atoms. The summed E-state index contributed by atoms with van der Waals surface area (Å²) >= 11 is 3.80. The molecular formula is C23H26FN5O7PS3+. The Balaban J connectivity index is 1.50. The van der Waals surface area contributed by atoms with Crippen LogP contribution in [0.15, 0.2) is 51.9 Å². The van der Waals surface area contributed by atoms with E-state index in [4.69, 9.17) is 14.8 Å². The maximum absolute atomic E-state index is 13.3. The Morgan fingerprint density at radius 3 is 2.67 bits per heavy atom. The molecule has 4 N–H and O–H groups in total. The molecule has 4 heterocycles. The van der Waals surface area contributed by atoms with E-state index in [1.807, 2.05) is 12.1 Å². The molecule has 2 atom stereocenters. The molecule has 214 valence electrons. The highest BCUT2D eigenvalue weighted by atomic mass is 32.2. The third kappa shape index (κ3) is 6.48. The highest BCUT2D eigenvalue weighted by molar-refractivity contribution is 8.01. The van der Waals surface area contributed by atoms with Crippen molar-refractivity contribution < 1.29 is 42.4 Å². The molecule has 0 radical (unpaired) electrons. The van der Waals surface area contributed by atoms with Crippen LogP contribution in [0.4, 0.5) is 9.52 Å². The number of thiazole rings is 1. The minimum Gasteiger partial charge on any atom is -0.628 e. The Bertz CT molecular complexity index is 1350. The molecule has 2 aliphatic heterocycles. The maximum Gasteiger partial charge on any atom is 0.352 e. The van der Waals surface area contributed by atoms with Gasteiger partial charge in [0, 0.05) is 33.9 Å². The summed E-state index contributed by atoms with van der Waals surface area (Å²) in [7, 11) is -1.48. The summed E-state index contributed by atoms with van der Waals surface area (Å²) in [5.41, 5.74) is 6.13. The van der Waals surface area contributed by atoms with Crippen LogP contribution < -0.4 is 20.5 Å². The van der Waals surface area contributed by atoms with E-state index in [1.165, 1.54) is 33.8 Å². The molecule has 0 aliphatic carbocycles. The summed E-state index contributed by atoms with van der Waals surface area (Å²) in [4.78, 5) is 57.4. The van der Waals surface area contributed by atoms with Gasteiger partial charge in [-0.05, 0) is 5.57 Å². The van der Waals surface area contributed by atoms with E-state index in [-0.39, 0.29) is 28.6 Å². The number of halogens is 1.